The first-order chi connectivity index (χ1) is 16.6. The molecule has 0 aromatic heterocycles. The zero-order chi connectivity index (χ0) is 27.4. The normalized spacial score (nSPS) is 28.2. The number of aliphatic hydroxyl groups is 1. The van der Waals surface area contributed by atoms with Gasteiger partial charge in [0.05, 0.1) is 5.57 Å². The van der Waals surface area contributed by atoms with Crippen LogP contribution < -0.4 is 0 Å². The summed E-state index contributed by atoms with van der Waals surface area (Å²) in [6.07, 6.45) is -4.89. The molecule has 0 spiro atoms. The molecule has 0 aromatic carbocycles. The number of carbonyl (C=O) groups is 5. The Morgan fingerprint density at radius 2 is 1.47 bits per heavy atom. The molecule has 12 heteroatoms. The van der Waals surface area contributed by atoms with Crippen LogP contribution in [0.1, 0.15) is 61.3 Å². The quantitative estimate of drug-likeness (QED) is 0.301. The van der Waals surface area contributed by atoms with E-state index in [1.807, 2.05) is 13.8 Å². The number of hydrogen-bond acceptors (Lipinski definition) is 12. The fourth-order valence-electron chi connectivity index (χ4n) is 4.27. The zero-order valence-corrected chi connectivity index (χ0v) is 21.5. The maximum absolute atomic E-state index is 12.8. The van der Waals surface area contributed by atoms with Crippen LogP contribution >= 0.6 is 0 Å². The second-order valence-electron chi connectivity index (χ2n) is 9.57. The van der Waals surface area contributed by atoms with E-state index in [2.05, 4.69) is 4.99 Å². The summed E-state index contributed by atoms with van der Waals surface area (Å²) in [5, 5.41) is 10.6. The van der Waals surface area contributed by atoms with Gasteiger partial charge in [-0.1, -0.05) is 13.8 Å². The lowest BCUT2D eigenvalue weighted by molar-refractivity contribution is -0.266. The predicted molar refractivity (Wildman–Crippen MR) is 123 cm³/mol. The van der Waals surface area contributed by atoms with E-state index in [1.54, 1.807) is 0 Å². The van der Waals surface area contributed by atoms with Crippen LogP contribution in [0.3, 0.4) is 0 Å². The van der Waals surface area contributed by atoms with E-state index in [1.165, 1.54) is 6.92 Å². The molecular formula is C24H33NO11. The first-order valence-electron chi connectivity index (χ1n) is 11.4. The van der Waals surface area contributed by atoms with Crippen molar-refractivity contribution in [2.24, 2.45) is 10.4 Å². The average Bonchev–Trinajstić information content (AvgIpc) is 2.68. The van der Waals surface area contributed by atoms with Crippen LogP contribution in [0, 0.1) is 5.41 Å². The average molecular weight is 512 g/mol. The number of carbonyl (C=O) groups excluding carboxylic acids is 5. The van der Waals surface area contributed by atoms with E-state index < -0.39 is 66.5 Å². The molecule has 0 saturated carbocycles. The second-order valence-corrected chi connectivity index (χ2v) is 9.57. The lowest BCUT2D eigenvalue weighted by atomic mass is 9.75. The Bertz CT molecular complexity index is 981. The van der Waals surface area contributed by atoms with Crippen molar-refractivity contribution >= 4 is 35.4 Å². The summed E-state index contributed by atoms with van der Waals surface area (Å²) in [5.41, 5.74) is -0.344. The molecule has 5 atom stereocenters. The highest BCUT2D eigenvalue weighted by Gasteiger charge is 2.52. The van der Waals surface area contributed by atoms with Crippen molar-refractivity contribution in [3.8, 4) is 0 Å². The van der Waals surface area contributed by atoms with Crippen LogP contribution in [0.2, 0.25) is 0 Å². The van der Waals surface area contributed by atoms with Gasteiger partial charge in [0.25, 0.3) is 0 Å². The molecule has 0 radical (unpaired) electrons. The van der Waals surface area contributed by atoms with Crippen molar-refractivity contribution in [2.75, 3.05) is 6.61 Å². The number of allylic oxidation sites excluding steroid dienone is 2. The van der Waals surface area contributed by atoms with Crippen LogP contribution in [0.15, 0.2) is 16.3 Å². The molecule has 1 fully saturated rings. The summed E-state index contributed by atoms with van der Waals surface area (Å²) in [7, 11) is 0. The third kappa shape index (κ3) is 7.61. The van der Waals surface area contributed by atoms with Gasteiger partial charge >= 0.3 is 23.9 Å². The minimum atomic E-state index is -1.47. The molecule has 0 amide bonds. The van der Waals surface area contributed by atoms with Crippen LogP contribution in [0.4, 0.5) is 0 Å². The lowest BCUT2D eigenvalue weighted by Gasteiger charge is -2.43. The number of hydrogen-bond donors (Lipinski definition) is 1. The van der Waals surface area contributed by atoms with Crippen LogP contribution in [0.5, 0.6) is 0 Å². The van der Waals surface area contributed by atoms with E-state index in [-0.39, 0.29) is 35.7 Å². The fraction of sp³-hybridized carbons (Fsp3) is 0.667. The molecule has 12 nitrogen and oxygen atoms in total. The maximum atomic E-state index is 12.8. The van der Waals surface area contributed by atoms with Gasteiger partial charge in [0, 0.05) is 46.2 Å². The van der Waals surface area contributed by atoms with Gasteiger partial charge in [-0.15, -0.1) is 0 Å². The van der Waals surface area contributed by atoms with Gasteiger partial charge < -0.3 is 28.8 Å². The Morgan fingerprint density at radius 3 is 1.97 bits per heavy atom. The molecule has 2 aliphatic rings. The lowest BCUT2D eigenvalue weighted by Crippen LogP contribution is -2.61. The number of Topliss-reactive ketones (excluding diaryl/α,β-unsaturated/α-hetero) is 1. The summed E-state index contributed by atoms with van der Waals surface area (Å²) >= 11 is 0. The molecule has 0 aromatic rings. The Labute approximate surface area is 208 Å². The third-order valence-electron chi connectivity index (χ3n) is 5.51. The van der Waals surface area contributed by atoms with Crippen molar-refractivity contribution < 1.29 is 52.8 Å². The number of ketones is 1. The molecule has 1 aliphatic heterocycles. The van der Waals surface area contributed by atoms with Crippen molar-refractivity contribution in [3.05, 3.63) is 11.3 Å². The van der Waals surface area contributed by atoms with Gasteiger partial charge in [-0.2, -0.15) is 0 Å². The molecule has 2 rings (SSSR count). The van der Waals surface area contributed by atoms with Gasteiger partial charge in [0.15, 0.2) is 24.0 Å². The Hall–Kier alpha value is -3.28. The van der Waals surface area contributed by atoms with Crippen molar-refractivity contribution in [1.29, 1.82) is 0 Å². The Kier molecular flexibility index (Phi) is 9.36. The number of aliphatic imine (C=N–C) groups is 1. The first kappa shape index (κ1) is 29.0. The smallest absolute Gasteiger partial charge is 0.305 e. The molecule has 1 heterocycles. The number of rotatable bonds is 7. The third-order valence-corrected chi connectivity index (χ3v) is 5.51. The largest absolute Gasteiger partial charge is 0.511 e. The van der Waals surface area contributed by atoms with E-state index in [4.69, 9.17) is 23.7 Å². The maximum Gasteiger partial charge on any atom is 0.305 e. The summed E-state index contributed by atoms with van der Waals surface area (Å²) in [6, 6.07) is -1.29. The van der Waals surface area contributed by atoms with E-state index in [9.17, 15) is 29.1 Å². The molecule has 1 aliphatic carbocycles. The topological polar surface area (TPSA) is 164 Å². The van der Waals surface area contributed by atoms with Gasteiger partial charge in [0.2, 0.25) is 6.29 Å². The summed E-state index contributed by atoms with van der Waals surface area (Å²) in [5.74, 6) is -3.39. The van der Waals surface area contributed by atoms with E-state index in [0.717, 1.165) is 27.7 Å². The predicted octanol–water partition coefficient (Wildman–Crippen LogP) is 1.73. The number of ether oxygens (including phenoxy) is 5. The van der Waals surface area contributed by atoms with Crippen molar-refractivity contribution in [1.82, 2.24) is 0 Å². The molecule has 1 N–H and O–H groups in total. The first-order valence-corrected chi connectivity index (χ1v) is 11.4. The second kappa shape index (κ2) is 11.6. The van der Waals surface area contributed by atoms with E-state index >= 15 is 0 Å². The summed E-state index contributed by atoms with van der Waals surface area (Å²) in [6.45, 7) is 9.30. The van der Waals surface area contributed by atoms with Gasteiger partial charge in [-0.05, 0) is 12.3 Å². The molecule has 36 heavy (non-hydrogen) atoms. The molecule has 0 unspecified atom stereocenters. The van der Waals surface area contributed by atoms with Gasteiger partial charge in [0.1, 0.15) is 18.5 Å². The van der Waals surface area contributed by atoms with Crippen molar-refractivity contribution in [2.45, 2.75) is 92.0 Å². The van der Waals surface area contributed by atoms with Crippen LogP contribution in [-0.2, 0) is 47.7 Å². The minimum Gasteiger partial charge on any atom is -0.511 e. The van der Waals surface area contributed by atoms with Gasteiger partial charge in [-0.25, -0.2) is 0 Å². The highest BCUT2D eigenvalue weighted by molar-refractivity contribution is 6.22. The summed E-state index contributed by atoms with van der Waals surface area (Å²) < 4.78 is 26.9. The van der Waals surface area contributed by atoms with Crippen molar-refractivity contribution in [3.63, 3.8) is 0 Å². The van der Waals surface area contributed by atoms with Crippen LogP contribution in [-0.4, -0.2) is 77.7 Å². The highest BCUT2D eigenvalue weighted by atomic mass is 16.7. The van der Waals surface area contributed by atoms with E-state index in [0.29, 0.717) is 0 Å². The number of esters is 4. The molecular weight excluding hydrogens is 478 g/mol. The fourth-order valence-corrected chi connectivity index (χ4v) is 4.27. The minimum absolute atomic E-state index is 0.00328. The zero-order valence-electron chi connectivity index (χ0n) is 21.5. The number of aliphatic hydroxyl groups excluding tert-OH is 1. The standard InChI is InChI=1S/C24H33NO11/c1-11(19-16(30)8-24(6,7)9-17(19)31)25-20-22(34-14(4)28)21(33-13(3)27)18(10-32-12(2)26)36-23(20)35-15(5)29/h18,20-23,30H,8-10H2,1-7H3/t18-,20+,21-,22-,23+/m1/s1. The monoisotopic (exact) mass is 511 g/mol. The highest BCUT2D eigenvalue weighted by Crippen LogP contribution is 2.37. The van der Waals surface area contributed by atoms with Gasteiger partial charge in [-0.3, -0.25) is 29.0 Å². The molecule has 200 valence electrons. The Balaban J connectivity index is 2.60. The molecule has 1 saturated heterocycles. The van der Waals surface area contributed by atoms with Crippen LogP contribution in [0.25, 0.3) is 0 Å². The molecule has 0 bridgehead atoms. The number of nitrogens with zero attached hydrogens (tertiary/aromatic N) is 1. The summed E-state index contributed by atoms with van der Waals surface area (Å²) in [4.78, 5) is 64.4. The SMILES string of the molecule is CC(=O)OC[C@H]1O[C@H](OC(C)=O)[C@@H](N=C(C)C2=C(O)CC(C)(C)CC2=O)[C@@H](OC(C)=O)[C@@H]1OC(C)=O. The Morgan fingerprint density at radius 1 is 0.917 bits per heavy atom.